The third kappa shape index (κ3) is 5.58. The van der Waals surface area contributed by atoms with Crippen molar-refractivity contribution < 1.29 is 19.1 Å². The Morgan fingerprint density at radius 2 is 1.69 bits per heavy atom. The second-order valence-electron chi connectivity index (χ2n) is 8.80. The van der Waals surface area contributed by atoms with Crippen LogP contribution in [-0.2, 0) is 24.8 Å². The molecule has 0 bridgehead atoms. The number of nitrogens with one attached hydrogen (secondary N) is 2. The van der Waals surface area contributed by atoms with Crippen LogP contribution in [0.2, 0.25) is 10.0 Å². The molecule has 1 heterocycles. The fourth-order valence-electron chi connectivity index (χ4n) is 4.23. The van der Waals surface area contributed by atoms with E-state index in [4.69, 9.17) is 23.2 Å². The van der Waals surface area contributed by atoms with E-state index in [0.717, 1.165) is 10.6 Å². The summed E-state index contributed by atoms with van der Waals surface area (Å²) in [5, 5.41) is 15.3. The standard InChI is InChI=1S/C27H23Cl2FN4O5/c1-31-13-15-11-17-22(12-20(15)30)33(2)27(39)34(25(17)36)16-8-6-14(7-9-16)10-21(26(37)38)32-24(35)23-18(28)4-3-5-19(23)29/h3-9,11-12,21,31H,10,13H2,1-2H3,(H,32,35)(H,37,38)/t21-/m0/s1. The number of amides is 1. The minimum atomic E-state index is -1.31. The molecule has 12 heteroatoms. The third-order valence-electron chi connectivity index (χ3n) is 6.23. The fraction of sp³-hybridized carbons (Fsp3) is 0.185. The van der Waals surface area contributed by atoms with Gasteiger partial charge in [-0.3, -0.25) is 14.2 Å². The third-order valence-corrected chi connectivity index (χ3v) is 6.86. The van der Waals surface area contributed by atoms with Crippen molar-refractivity contribution in [1.29, 1.82) is 0 Å². The number of carboxylic acids is 1. The highest BCUT2D eigenvalue weighted by atomic mass is 35.5. The number of hydrogen-bond donors (Lipinski definition) is 3. The lowest BCUT2D eigenvalue weighted by Crippen LogP contribution is -2.42. The van der Waals surface area contributed by atoms with Crippen LogP contribution in [0.3, 0.4) is 0 Å². The summed E-state index contributed by atoms with van der Waals surface area (Å²) in [4.78, 5) is 50.9. The van der Waals surface area contributed by atoms with Gasteiger partial charge < -0.3 is 15.7 Å². The molecule has 202 valence electrons. The van der Waals surface area contributed by atoms with Crippen LogP contribution in [0.15, 0.2) is 64.2 Å². The van der Waals surface area contributed by atoms with E-state index < -0.39 is 35.0 Å². The molecule has 0 unspecified atom stereocenters. The topological polar surface area (TPSA) is 122 Å². The number of aromatic nitrogens is 2. The highest BCUT2D eigenvalue weighted by molar-refractivity contribution is 6.39. The Kier molecular flexibility index (Phi) is 8.19. The molecule has 0 spiro atoms. The second-order valence-corrected chi connectivity index (χ2v) is 9.62. The number of aryl methyl sites for hydroxylation is 1. The summed E-state index contributed by atoms with van der Waals surface area (Å²) >= 11 is 12.1. The molecule has 1 atom stereocenters. The Balaban J connectivity index is 1.65. The Morgan fingerprint density at radius 1 is 1.05 bits per heavy atom. The molecular formula is C27H23Cl2FN4O5. The summed E-state index contributed by atoms with van der Waals surface area (Å²) in [5.41, 5.74) is -0.132. The molecule has 3 aromatic carbocycles. The van der Waals surface area contributed by atoms with Gasteiger partial charge in [-0.05, 0) is 49.0 Å². The van der Waals surface area contributed by atoms with Crippen LogP contribution in [0.25, 0.3) is 16.6 Å². The highest BCUT2D eigenvalue weighted by Gasteiger charge is 2.24. The van der Waals surface area contributed by atoms with E-state index in [9.17, 15) is 28.7 Å². The number of fused-ring (bicyclic) bond motifs is 1. The number of nitrogens with zero attached hydrogens (tertiary/aromatic N) is 2. The second kappa shape index (κ2) is 11.4. The quantitative estimate of drug-likeness (QED) is 0.298. The van der Waals surface area contributed by atoms with Gasteiger partial charge in [0.15, 0.2) is 0 Å². The van der Waals surface area contributed by atoms with Crippen molar-refractivity contribution in [3.8, 4) is 5.69 Å². The number of aliphatic carboxylic acids is 1. The van der Waals surface area contributed by atoms with E-state index in [1.807, 2.05) is 0 Å². The molecule has 3 N–H and O–H groups in total. The zero-order valence-electron chi connectivity index (χ0n) is 20.8. The molecule has 0 aliphatic heterocycles. The Bertz CT molecular complexity index is 1700. The number of carbonyl (C=O) groups is 2. The molecule has 0 aliphatic carbocycles. The first kappa shape index (κ1) is 28.0. The number of carbonyl (C=O) groups excluding carboxylic acids is 1. The maximum absolute atomic E-state index is 14.4. The zero-order chi connectivity index (χ0) is 28.4. The van der Waals surface area contributed by atoms with E-state index in [2.05, 4.69) is 10.6 Å². The lowest BCUT2D eigenvalue weighted by molar-refractivity contribution is -0.139. The van der Waals surface area contributed by atoms with Crippen LogP contribution in [0.4, 0.5) is 4.39 Å². The Hall–Kier alpha value is -3.99. The van der Waals surface area contributed by atoms with Crippen molar-refractivity contribution in [2.24, 2.45) is 7.05 Å². The van der Waals surface area contributed by atoms with E-state index in [0.29, 0.717) is 5.56 Å². The molecule has 9 nitrogen and oxygen atoms in total. The van der Waals surface area contributed by atoms with Crippen molar-refractivity contribution in [2.75, 3.05) is 7.05 Å². The van der Waals surface area contributed by atoms with Crippen molar-refractivity contribution in [3.63, 3.8) is 0 Å². The molecule has 0 saturated heterocycles. The molecular weight excluding hydrogens is 550 g/mol. The van der Waals surface area contributed by atoms with Gasteiger partial charge in [0.1, 0.15) is 11.9 Å². The maximum Gasteiger partial charge on any atom is 0.335 e. The summed E-state index contributed by atoms with van der Waals surface area (Å²) < 4.78 is 16.6. The van der Waals surface area contributed by atoms with E-state index in [1.165, 1.54) is 41.9 Å². The predicted molar refractivity (Wildman–Crippen MR) is 147 cm³/mol. The van der Waals surface area contributed by atoms with Gasteiger partial charge in [0.05, 0.1) is 32.2 Å². The molecule has 4 rings (SSSR count). The molecule has 1 aromatic heterocycles. The number of halogens is 3. The van der Waals surface area contributed by atoms with Crippen LogP contribution in [-0.4, -0.2) is 39.2 Å². The maximum atomic E-state index is 14.4. The average molecular weight is 573 g/mol. The molecule has 0 saturated carbocycles. The zero-order valence-corrected chi connectivity index (χ0v) is 22.3. The summed E-state index contributed by atoms with van der Waals surface area (Å²) in [6.07, 6.45) is -0.0965. The van der Waals surface area contributed by atoms with Gasteiger partial charge in [-0.25, -0.2) is 18.5 Å². The van der Waals surface area contributed by atoms with Gasteiger partial charge in [0, 0.05) is 25.6 Å². The van der Waals surface area contributed by atoms with Gasteiger partial charge in [-0.1, -0.05) is 41.4 Å². The van der Waals surface area contributed by atoms with Crippen LogP contribution >= 0.6 is 23.2 Å². The Morgan fingerprint density at radius 3 is 2.28 bits per heavy atom. The lowest BCUT2D eigenvalue weighted by atomic mass is 10.0. The number of rotatable bonds is 8. The van der Waals surface area contributed by atoms with E-state index >= 15 is 0 Å². The SMILES string of the molecule is CNCc1cc2c(=O)n(-c3ccc(C[C@H](NC(=O)c4c(Cl)cccc4Cl)C(=O)O)cc3)c(=O)n(C)c2cc1F. The normalized spacial score (nSPS) is 11.9. The first-order valence-corrected chi connectivity index (χ1v) is 12.4. The molecule has 1 amide bonds. The lowest BCUT2D eigenvalue weighted by Gasteiger charge is -2.16. The Labute approximate surface area is 231 Å². The summed E-state index contributed by atoms with van der Waals surface area (Å²) in [6.45, 7) is 0.197. The summed E-state index contributed by atoms with van der Waals surface area (Å²) in [6, 6.07) is 11.8. The van der Waals surface area contributed by atoms with Crippen LogP contribution < -0.4 is 21.9 Å². The first-order valence-electron chi connectivity index (χ1n) is 11.7. The molecule has 0 aliphatic rings. The van der Waals surface area contributed by atoms with Crippen molar-refractivity contribution >= 4 is 46.0 Å². The van der Waals surface area contributed by atoms with Gasteiger partial charge in [-0.2, -0.15) is 0 Å². The number of hydrogen-bond acceptors (Lipinski definition) is 5. The predicted octanol–water partition coefficient (Wildman–Crippen LogP) is 3.28. The van der Waals surface area contributed by atoms with Crippen molar-refractivity contribution in [3.05, 3.63) is 108 Å². The van der Waals surface area contributed by atoms with Gasteiger partial charge in [-0.15, -0.1) is 0 Å². The van der Waals surface area contributed by atoms with Gasteiger partial charge >= 0.3 is 11.7 Å². The minimum Gasteiger partial charge on any atom is -0.480 e. The number of carboxylic acid groups (broad SMARTS) is 1. The van der Waals surface area contributed by atoms with E-state index in [-0.39, 0.29) is 50.7 Å². The van der Waals surface area contributed by atoms with Crippen LogP contribution in [0, 0.1) is 5.82 Å². The fourth-order valence-corrected chi connectivity index (χ4v) is 4.80. The van der Waals surface area contributed by atoms with Crippen molar-refractivity contribution in [1.82, 2.24) is 19.8 Å². The molecule has 0 radical (unpaired) electrons. The van der Waals surface area contributed by atoms with Crippen LogP contribution in [0.5, 0.6) is 0 Å². The monoisotopic (exact) mass is 572 g/mol. The highest BCUT2D eigenvalue weighted by Crippen LogP contribution is 2.24. The van der Waals surface area contributed by atoms with Gasteiger partial charge in [0.25, 0.3) is 11.5 Å². The average Bonchev–Trinajstić information content (AvgIpc) is 2.89. The van der Waals surface area contributed by atoms with Crippen LogP contribution in [0.1, 0.15) is 21.5 Å². The first-order chi connectivity index (χ1) is 18.5. The van der Waals surface area contributed by atoms with Crippen molar-refractivity contribution in [2.45, 2.75) is 19.0 Å². The molecule has 4 aromatic rings. The van der Waals surface area contributed by atoms with E-state index in [1.54, 1.807) is 25.2 Å². The smallest absolute Gasteiger partial charge is 0.335 e. The number of benzene rings is 3. The summed E-state index contributed by atoms with van der Waals surface area (Å²) in [5.74, 6) is -2.56. The minimum absolute atomic E-state index is 0.0355. The summed E-state index contributed by atoms with van der Waals surface area (Å²) in [7, 11) is 3.09. The largest absolute Gasteiger partial charge is 0.480 e. The van der Waals surface area contributed by atoms with Gasteiger partial charge in [0.2, 0.25) is 0 Å². The molecule has 0 fully saturated rings. The molecule has 39 heavy (non-hydrogen) atoms.